The molecule has 2 unspecified atom stereocenters. The first-order valence-electron chi connectivity index (χ1n) is 6.63. The van der Waals surface area contributed by atoms with E-state index in [0.717, 1.165) is 19.4 Å². The molecule has 1 saturated heterocycles. The topological polar surface area (TPSA) is 58.4 Å². The standard InChI is InChI=1S/C14H20FN3O/c1-10(16)14(19)17-11-5-4-8-18(9-11)13-7-3-2-6-12(13)15/h2-3,6-7,10-11H,4-5,8-9,16H2,1H3,(H,17,19). The number of hydrogen-bond acceptors (Lipinski definition) is 3. The molecule has 1 aliphatic heterocycles. The Kier molecular flexibility index (Phi) is 4.37. The molecule has 1 fully saturated rings. The molecule has 2 atom stereocenters. The van der Waals surface area contributed by atoms with Crippen molar-refractivity contribution in [1.29, 1.82) is 0 Å². The zero-order valence-electron chi connectivity index (χ0n) is 11.1. The molecular weight excluding hydrogens is 245 g/mol. The summed E-state index contributed by atoms with van der Waals surface area (Å²) in [6, 6.07) is 6.25. The van der Waals surface area contributed by atoms with Crippen molar-refractivity contribution in [1.82, 2.24) is 5.32 Å². The van der Waals surface area contributed by atoms with E-state index in [4.69, 9.17) is 5.73 Å². The van der Waals surface area contributed by atoms with Gasteiger partial charge in [-0.15, -0.1) is 0 Å². The van der Waals surface area contributed by atoms with E-state index in [0.29, 0.717) is 12.2 Å². The van der Waals surface area contributed by atoms with Crippen LogP contribution in [0.15, 0.2) is 24.3 Å². The molecule has 1 heterocycles. The number of nitrogens with zero attached hydrogens (tertiary/aromatic N) is 1. The Morgan fingerprint density at radius 1 is 1.53 bits per heavy atom. The van der Waals surface area contributed by atoms with E-state index in [1.165, 1.54) is 6.07 Å². The SMILES string of the molecule is CC(N)C(=O)NC1CCCN(c2ccccc2F)C1. The van der Waals surface area contributed by atoms with Crippen LogP contribution in [0.2, 0.25) is 0 Å². The van der Waals surface area contributed by atoms with Crippen molar-refractivity contribution in [3.05, 3.63) is 30.1 Å². The summed E-state index contributed by atoms with van der Waals surface area (Å²) in [7, 11) is 0. The molecule has 5 heteroatoms. The summed E-state index contributed by atoms with van der Waals surface area (Å²) in [5, 5.41) is 2.91. The van der Waals surface area contributed by atoms with E-state index >= 15 is 0 Å². The van der Waals surface area contributed by atoms with Crippen molar-refractivity contribution >= 4 is 11.6 Å². The van der Waals surface area contributed by atoms with E-state index < -0.39 is 6.04 Å². The normalized spacial score (nSPS) is 21.0. The minimum absolute atomic E-state index is 0.0341. The highest BCUT2D eigenvalue weighted by Gasteiger charge is 2.23. The van der Waals surface area contributed by atoms with Gasteiger partial charge in [0.15, 0.2) is 0 Å². The van der Waals surface area contributed by atoms with Gasteiger partial charge in [-0.3, -0.25) is 4.79 Å². The van der Waals surface area contributed by atoms with Crippen molar-refractivity contribution < 1.29 is 9.18 Å². The fourth-order valence-corrected chi connectivity index (χ4v) is 2.35. The zero-order chi connectivity index (χ0) is 13.8. The lowest BCUT2D eigenvalue weighted by molar-refractivity contribution is -0.122. The maximum Gasteiger partial charge on any atom is 0.236 e. The lowest BCUT2D eigenvalue weighted by atomic mass is 10.0. The van der Waals surface area contributed by atoms with E-state index in [1.807, 2.05) is 11.0 Å². The Morgan fingerprint density at radius 2 is 2.26 bits per heavy atom. The molecule has 19 heavy (non-hydrogen) atoms. The molecule has 0 radical (unpaired) electrons. The monoisotopic (exact) mass is 265 g/mol. The van der Waals surface area contributed by atoms with Gasteiger partial charge in [-0.1, -0.05) is 12.1 Å². The summed E-state index contributed by atoms with van der Waals surface area (Å²) in [6.45, 7) is 3.09. The number of para-hydroxylation sites is 1. The van der Waals surface area contributed by atoms with Gasteiger partial charge in [0.1, 0.15) is 5.82 Å². The Balaban J connectivity index is 2.01. The molecule has 3 N–H and O–H groups in total. The van der Waals surface area contributed by atoms with E-state index in [2.05, 4.69) is 5.32 Å². The van der Waals surface area contributed by atoms with Crippen molar-refractivity contribution in [3.8, 4) is 0 Å². The fourth-order valence-electron chi connectivity index (χ4n) is 2.35. The van der Waals surface area contributed by atoms with E-state index in [-0.39, 0.29) is 17.8 Å². The minimum atomic E-state index is -0.510. The predicted molar refractivity (Wildman–Crippen MR) is 73.4 cm³/mol. The Morgan fingerprint density at radius 3 is 2.95 bits per heavy atom. The average molecular weight is 265 g/mol. The van der Waals surface area contributed by atoms with Gasteiger partial charge in [-0.05, 0) is 31.9 Å². The summed E-state index contributed by atoms with van der Waals surface area (Å²) < 4.78 is 13.7. The first-order chi connectivity index (χ1) is 9.08. The van der Waals surface area contributed by atoms with Crippen molar-refractivity contribution in [2.75, 3.05) is 18.0 Å². The fraction of sp³-hybridized carbons (Fsp3) is 0.500. The summed E-state index contributed by atoms with van der Waals surface area (Å²) >= 11 is 0. The van der Waals surface area contributed by atoms with Crippen LogP contribution in [-0.2, 0) is 4.79 Å². The highest BCUT2D eigenvalue weighted by Crippen LogP contribution is 2.22. The molecule has 1 aromatic rings. The number of hydrogen-bond donors (Lipinski definition) is 2. The molecule has 0 aromatic heterocycles. The second-order valence-corrected chi connectivity index (χ2v) is 5.03. The molecule has 4 nitrogen and oxygen atoms in total. The Hall–Kier alpha value is -1.62. The summed E-state index contributed by atoms with van der Waals surface area (Å²) in [5.74, 6) is -0.373. The number of carbonyl (C=O) groups excluding carboxylic acids is 1. The maximum atomic E-state index is 13.7. The van der Waals surface area contributed by atoms with Crippen LogP contribution in [0, 0.1) is 5.82 Å². The van der Waals surface area contributed by atoms with E-state index in [9.17, 15) is 9.18 Å². The molecule has 2 rings (SSSR count). The summed E-state index contributed by atoms with van der Waals surface area (Å²) in [6.07, 6.45) is 1.83. The molecule has 1 aliphatic rings. The second kappa shape index (κ2) is 6.02. The number of carbonyl (C=O) groups is 1. The zero-order valence-corrected chi connectivity index (χ0v) is 11.1. The van der Waals surface area contributed by atoms with Crippen LogP contribution < -0.4 is 16.0 Å². The van der Waals surface area contributed by atoms with Gasteiger partial charge in [0.25, 0.3) is 0 Å². The number of nitrogens with two attached hydrogens (primary N) is 1. The summed E-state index contributed by atoms with van der Waals surface area (Å²) in [4.78, 5) is 13.6. The number of rotatable bonds is 3. The smallest absolute Gasteiger partial charge is 0.236 e. The van der Waals surface area contributed by atoms with Crippen LogP contribution in [0.4, 0.5) is 10.1 Å². The second-order valence-electron chi connectivity index (χ2n) is 5.03. The molecule has 1 aromatic carbocycles. The third-order valence-electron chi connectivity index (χ3n) is 3.37. The van der Waals surface area contributed by atoms with Gasteiger partial charge in [-0.25, -0.2) is 4.39 Å². The van der Waals surface area contributed by atoms with Crippen LogP contribution in [0.1, 0.15) is 19.8 Å². The lowest BCUT2D eigenvalue weighted by Crippen LogP contribution is -2.51. The van der Waals surface area contributed by atoms with E-state index in [1.54, 1.807) is 19.1 Å². The van der Waals surface area contributed by atoms with Crippen molar-refractivity contribution in [2.24, 2.45) is 5.73 Å². The first-order valence-corrected chi connectivity index (χ1v) is 6.63. The molecule has 1 amide bonds. The number of amides is 1. The maximum absolute atomic E-state index is 13.7. The first kappa shape index (κ1) is 13.8. The van der Waals surface area contributed by atoms with Gasteiger partial charge in [0.2, 0.25) is 5.91 Å². The average Bonchev–Trinajstić information content (AvgIpc) is 2.39. The van der Waals surface area contributed by atoms with Gasteiger partial charge >= 0.3 is 0 Å². The number of nitrogens with one attached hydrogen (secondary N) is 1. The number of halogens is 1. The molecular formula is C14H20FN3O. The minimum Gasteiger partial charge on any atom is -0.367 e. The van der Waals surface area contributed by atoms with Gasteiger partial charge in [0, 0.05) is 19.1 Å². The predicted octanol–water partition coefficient (Wildman–Crippen LogP) is 1.26. The van der Waals surface area contributed by atoms with Crippen molar-refractivity contribution in [3.63, 3.8) is 0 Å². The number of benzene rings is 1. The molecule has 0 aliphatic carbocycles. The highest BCUT2D eigenvalue weighted by molar-refractivity contribution is 5.81. The number of piperidine rings is 1. The molecule has 0 saturated carbocycles. The van der Waals surface area contributed by atoms with Gasteiger partial charge in [-0.2, -0.15) is 0 Å². The van der Waals surface area contributed by atoms with Crippen molar-refractivity contribution in [2.45, 2.75) is 31.8 Å². The van der Waals surface area contributed by atoms with Gasteiger partial charge < -0.3 is 16.0 Å². The van der Waals surface area contributed by atoms with Crippen LogP contribution in [0.25, 0.3) is 0 Å². The third kappa shape index (κ3) is 3.44. The molecule has 104 valence electrons. The van der Waals surface area contributed by atoms with Crippen LogP contribution in [0.3, 0.4) is 0 Å². The van der Waals surface area contributed by atoms with Gasteiger partial charge in [0.05, 0.1) is 11.7 Å². The Labute approximate surface area is 112 Å². The molecule has 0 bridgehead atoms. The third-order valence-corrected chi connectivity index (χ3v) is 3.37. The Bertz CT molecular complexity index is 450. The lowest BCUT2D eigenvalue weighted by Gasteiger charge is -2.35. The molecule has 0 spiro atoms. The van der Waals surface area contributed by atoms with Crippen LogP contribution in [-0.4, -0.2) is 31.1 Å². The number of anilines is 1. The van der Waals surface area contributed by atoms with Crippen LogP contribution in [0.5, 0.6) is 0 Å². The highest BCUT2D eigenvalue weighted by atomic mass is 19.1. The quantitative estimate of drug-likeness (QED) is 0.865. The largest absolute Gasteiger partial charge is 0.367 e. The summed E-state index contributed by atoms with van der Waals surface area (Å²) in [5.41, 5.74) is 6.14. The van der Waals surface area contributed by atoms with Crippen LogP contribution >= 0.6 is 0 Å².